The molecule has 26 heavy (non-hydrogen) atoms. The van der Waals surface area contributed by atoms with Gasteiger partial charge in [-0.2, -0.15) is 0 Å². The summed E-state index contributed by atoms with van der Waals surface area (Å²) < 4.78 is 0.929. The molecule has 0 fully saturated rings. The number of rotatable bonds is 4. The summed E-state index contributed by atoms with van der Waals surface area (Å²) in [4.78, 5) is 31.7. The summed E-state index contributed by atoms with van der Waals surface area (Å²) in [6, 6.07) is 18.1. The molecule has 0 aliphatic rings. The van der Waals surface area contributed by atoms with Gasteiger partial charge in [-0.1, -0.05) is 58.4 Å². The predicted molar refractivity (Wildman–Crippen MR) is 105 cm³/mol. The van der Waals surface area contributed by atoms with Crippen LogP contribution in [0.15, 0.2) is 69.9 Å². The Morgan fingerprint density at radius 3 is 2.50 bits per heavy atom. The van der Waals surface area contributed by atoms with Crippen LogP contribution in [0.3, 0.4) is 0 Å². The zero-order chi connectivity index (χ0) is 18.7. The second-order valence-electron chi connectivity index (χ2n) is 6.43. The minimum Gasteiger partial charge on any atom is -0.342 e. The van der Waals surface area contributed by atoms with Crippen molar-refractivity contribution in [1.29, 1.82) is 0 Å². The van der Waals surface area contributed by atoms with Crippen molar-refractivity contribution in [3.63, 3.8) is 0 Å². The number of nitrogens with zero attached hydrogens (tertiary/aromatic N) is 1. The number of aromatic amines is 1. The molecule has 0 atom stereocenters. The second-order valence-corrected chi connectivity index (χ2v) is 7.35. The third-order valence-electron chi connectivity index (χ3n) is 3.99. The summed E-state index contributed by atoms with van der Waals surface area (Å²) in [5, 5.41) is 2.95. The molecule has 0 spiro atoms. The first-order chi connectivity index (χ1) is 12.3. The van der Waals surface area contributed by atoms with E-state index in [2.05, 4.69) is 31.2 Å². The molecule has 0 unspecified atom stereocenters. The van der Waals surface area contributed by atoms with E-state index >= 15 is 0 Å². The number of halogens is 1. The molecule has 0 saturated heterocycles. The molecule has 3 aromatic rings. The number of benzene rings is 2. The van der Waals surface area contributed by atoms with E-state index in [1.54, 1.807) is 0 Å². The molecule has 0 aliphatic carbocycles. The molecular weight excluding hydrogens is 394 g/mol. The van der Waals surface area contributed by atoms with Crippen LogP contribution in [0.25, 0.3) is 11.4 Å². The highest BCUT2D eigenvalue weighted by Gasteiger charge is 2.24. The fourth-order valence-corrected chi connectivity index (χ4v) is 3.00. The van der Waals surface area contributed by atoms with Crippen molar-refractivity contribution in [2.24, 2.45) is 0 Å². The Bertz CT molecular complexity index is 997. The zero-order valence-electron chi connectivity index (χ0n) is 14.4. The van der Waals surface area contributed by atoms with Gasteiger partial charge in [0.2, 0.25) is 0 Å². The van der Waals surface area contributed by atoms with Crippen LogP contribution in [-0.2, 0) is 5.54 Å². The average molecular weight is 412 g/mol. The van der Waals surface area contributed by atoms with E-state index in [-0.39, 0.29) is 11.3 Å². The van der Waals surface area contributed by atoms with Crippen LogP contribution in [0.2, 0.25) is 0 Å². The van der Waals surface area contributed by atoms with Crippen LogP contribution in [-0.4, -0.2) is 15.9 Å². The lowest BCUT2D eigenvalue weighted by Gasteiger charge is -2.27. The summed E-state index contributed by atoms with van der Waals surface area (Å²) in [5.74, 6) is -0.0400. The molecule has 0 saturated carbocycles. The minimum absolute atomic E-state index is 0.0793. The van der Waals surface area contributed by atoms with Crippen LogP contribution in [0, 0.1) is 0 Å². The molecule has 0 radical (unpaired) electrons. The summed E-state index contributed by atoms with van der Waals surface area (Å²) in [6.45, 7) is 3.80. The molecule has 6 heteroatoms. The highest BCUT2D eigenvalue weighted by atomic mass is 79.9. The number of carbonyl (C=O) groups is 1. The Labute approximate surface area is 159 Å². The maximum Gasteiger partial charge on any atom is 0.270 e. The van der Waals surface area contributed by atoms with Crippen molar-refractivity contribution in [3.05, 3.63) is 86.7 Å². The molecular formula is C20H18BrN3O2. The summed E-state index contributed by atoms with van der Waals surface area (Å²) >= 11 is 3.44. The Balaban J connectivity index is 1.91. The molecule has 1 amide bonds. The number of amides is 1. The quantitative estimate of drug-likeness (QED) is 0.684. The first kappa shape index (κ1) is 18.1. The lowest BCUT2D eigenvalue weighted by Crippen LogP contribution is -2.41. The first-order valence-corrected chi connectivity index (χ1v) is 8.90. The monoisotopic (exact) mass is 411 g/mol. The lowest BCUT2D eigenvalue weighted by molar-refractivity contribution is 0.0906. The minimum atomic E-state index is -0.627. The second kappa shape index (κ2) is 7.25. The molecule has 1 aromatic heterocycles. The van der Waals surface area contributed by atoms with Gasteiger partial charge in [-0.15, -0.1) is 0 Å². The van der Waals surface area contributed by atoms with Crippen LogP contribution in [0.1, 0.15) is 29.9 Å². The van der Waals surface area contributed by atoms with Gasteiger partial charge in [-0.05, 0) is 31.5 Å². The summed E-state index contributed by atoms with van der Waals surface area (Å²) in [5.41, 5.74) is 0.761. The van der Waals surface area contributed by atoms with Gasteiger partial charge >= 0.3 is 0 Å². The topological polar surface area (TPSA) is 74.8 Å². The van der Waals surface area contributed by atoms with Gasteiger partial charge in [-0.25, -0.2) is 4.98 Å². The number of H-pyrrole nitrogens is 1. The van der Waals surface area contributed by atoms with Crippen LogP contribution in [0.4, 0.5) is 0 Å². The molecule has 5 nitrogen and oxygen atoms in total. The molecule has 3 rings (SSSR count). The molecule has 1 heterocycles. The molecule has 132 valence electrons. The van der Waals surface area contributed by atoms with E-state index in [1.807, 2.05) is 68.4 Å². The van der Waals surface area contributed by atoms with Gasteiger partial charge in [0, 0.05) is 16.1 Å². The van der Waals surface area contributed by atoms with Gasteiger partial charge in [-0.3, -0.25) is 9.59 Å². The van der Waals surface area contributed by atoms with Gasteiger partial charge in [0.1, 0.15) is 11.5 Å². The van der Waals surface area contributed by atoms with Crippen molar-refractivity contribution in [2.45, 2.75) is 19.4 Å². The third kappa shape index (κ3) is 4.08. The maximum absolute atomic E-state index is 12.7. The molecule has 2 aromatic carbocycles. The van der Waals surface area contributed by atoms with E-state index in [9.17, 15) is 9.59 Å². The third-order valence-corrected chi connectivity index (χ3v) is 4.49. The van der Waals surface area contributed by atoms with Crippen LogP contribution >= 0.6 is 15.9 Å². The smallest absolute Gasteiger partial charge is 0.270 e. The highest BCUT2D eigenvalue weighted by molar-refractivity contribution is 9.10. The van der Waals surface area contributed by atoms with E-state index in [4.69, 9.17) is 0 Å². The van der Waals surface area contributed by atoms with Gasteiger partial charge in [0.15, 0.2) is 0 Å². The predicted octanol–water partition coefficient (Wildman–Crippen LogP) is 3.86. The molecule has 0 bridgehead atoms. The highest BCUT2D eigenvalue weighted by Crippen LogP contribution is 2.23. The van der Waals surface area contributed by atoms with Crippen LogP contribution in [0.5, 0.6) is 0 Å². The van der Waals surface area contributed by atoms with E-state index in [0.717, 1.165) is 15.6 Å². The normalized spacial score (nSPS) is 11.2. The van der Waals surface area contributed by atoms with Crippen molar-refractivity contribution in [1.82, 2.24) is 15.3 Å². The summed E-state index contributed by atoms with van der Waals surface area (Å²) in [6.07, 6.45) is 0. The SMILES string of the molecule is CC(C)(NC(=O)c1cc(=O)[nH]c(-c2ccccc2)n1)c1cccc(Br)c1. The zero-order valence-corrected chi connectivity index (χ0v) is 16.0. The van der Waals surface area contributed by atoms with Gasteiger partial charge in [0.25, 0.3) is 11.5 Å². The Morgan fingerprint density at radius 2 is 1.81 bits per heavy atom. The van der Waals surface area contributed by atoms with E-state index < -0.39 is 11.4 Å². The Morgan fingerprint density at radius 1 is 1.08 bits per heavy atom. The van der Waals surface area contributed by atoms with E-state index in [0.29, 0.717) is 5.82 Å². The lowest BCUT2D eigenvalue weighted by atomic mass is 9.94. The van der Waals surface area contributed by atoms with Crippen molar-refractivity contribution in [3.8, 4) is 11.4 Å². The summed E-state index contributed by atoms with van der Waals surface area (Å²) in [7, 11) is 0. The Kier molecular flexibility index (Phi) is 5.04. The molecule has 0 aliphatic heterocycles. The first-order valence-electron chi connectivity index (χ1n) is 8.10. The van der Waals surface area contributed by atoms with E-state index in [1.165, 1.54) is 6.07 Å². The standard InChI is InChI=1S/C20H18BrN3O2/c1-20(2,14-9-6-10-15(21)11-14)24-19(26)16-12-17(25)23-18(22-16)13-7-4-3-5-8-13/h3-12H,1-2H3,(H,24,26)(H,22,23,25). The fourth-order valence-electron chi connectivity index (χ4n) is 2.60. The van der Waals surface area contributed by atoms with Crippen molar-refractivity contribution < 1.29 is 4.79 Å². The average Bonchev–Trinajstić information content (AvgIpc) is 2.61. The van der Waals surface area contributed by atoms with Crippen molar-refractivity contribution >= 4 is 21.8 Å². The number of carbonyl (C=O) groups excluding carboxylic acids is 1. The van der Waals surface area contributed by atoms with Crippen molar-refractivity contribution in [2.75, 3.05) is 0 Å². The molecule has 2 N–H and O–H groups in total. The van der Waals surface area contributed by atoms with Crippen LogP contribution < -0.4 is 10.9 Å². The fraction of sp³-hybridized carbons (Fsp3) is 0.150. The number of hydrogen-bond donors (Lipinski definition) is 2. The Hall–Kier alpha value is -2.73. The largest absolute Gasteiger partial charge is 0.342 e. The number of hydrogen-bond acceptors (Lipinski definition) is 3. The number of aromatic nitrogens is 2. The number of nitrogens with one attached hydrogen (secondary N) is 2. The maximum atomic E-state index is 12.7. The van der Waals surface area contributed by atoms with Gasteiger partial charge < -0.3 is 10.3 Å². The van der Waals surface area contributed by atoms with Gasteiger partial charge in [0.05, 0.1) is 5.54 Å².